The normalized spacial score (nSPS) is 15.5. The van der Waals surface area contributed by atoms with Gasteiger partial charge in [-0.15, -0.1) is 24.0 Å². The number of nitrogens with zero attached hydrogens (tertiary/aromatic N) is 1. The SMILES string of the molecule is CN=C(NCc1cccc(OCC(N)=O)c1)NCC1(CC(C)C)CCC1.I. The van der Waals surface area contributed by atoms with E-state index >= 15 is 0 Å². The molecule has 152 valence electrons. The zero-order valence-electron chi connectivity index (χ0n) is 16.6. The molecule has 0 atom stereocenters. The average Bonchev–Trinajstić information content (AvgIpc) is 2.57. The Bertz CT molecular complexity index is 630. The molecule has 0 bridgehead atoms. The molecular weight excluding hydrogens is 455 g/mol. The number of hydrogen-bond donors (Lipinski definition) is 3. The molecule has 1 aliphatic rings. The average molecular weight is 488 g/mol. The maximum Gasteiger partial charge on any atom is 0.255 e. The number of carbonyl (C=O) groups is 1. The standard InChI is InChI=1S/C20H32N4O2.HI/c1-15(2)11-20(8-5-9-20)14-24-19(22-3)23-12-16-6-4-7-17(10-16)26-13-18(21)25;/h4,6-7,10,15H,5,8-9,11-14H2,1-3H3,(H2,21,25)(H2,22,23,24);1H. The molecule has 0 aliphatic heterocycles. The summed E-state index contributed by atoms with van der Waals surface area (Å²) in [6, 6.07) is 7.61. The van der Waals surface area contributed by atoms with E-state index in [0.29, 0.717) is 17.7 Å². The third-order valence-electron chi connectivity index (χ3n) is 4.85. The Morgan fingerprint density at radius 3 is 2.63 bits per heavy atom. The lowest BCUT2D eigenvalue weighted by molar-refractivity contribution is -0.119. The van der Waals surface area contributed by atoms with Gasteiger partial charge < -0.3 is 21.1 Å². The van der Waals surface area contributed by atoms with Gasteiger partial charge in [0.05, 0.1) is 0 Å². The van der Waals surface area contributed by atoms with Crippen LogP contribution in [-0.2, 0) is 11.3 Å². The van der Waals surface area contributed by atoms with Crippen molar-refractivity contribution in [3.8, 4) is 5.75 Å². The zero-order valence-corrected chi connectivity index (χ0v) is 18.9. The fourth-order valence-electron chi connectivity index (χ4n) is 3.57. The Balaban J connectivity index is 0.00000364. The van der Waals surface area contributed by atoms with Gasteiger partial charge in [0.25, 0.3) is 5.91 Å². The molecule has 6 nitrogen and oxygen atoms in total. The third-order valence-corrected chi connectivity index (χ3v) is 4.85. The molecule has 1 fully saturated rings. The molecule has 4 N–H and O–H groups in total. The van der Waals surface area contributed by atoms with Gasteiger partial charge in [0, 0.05) is 20.1 Å². The quantitative estimate of drug-likeness (QED) is 0.283. The van der Waals surface area contributed by atoms with Crippen LogP contribution in [0.2, 0.25) is 0 Å². The molecule has 7 heteroatoms. The van der Waals surface area contributed by atoms with Gasteiger partial charge in [-0.05, 0) is 48.3 Å². The first-order valence-corrected chi connectivity index (χ1v) is 9.37. The molecule has 0 saturated heterocycles. The van der Waals surface area contributed by atoms with Gasteiger partial charge in [-0.3, -0.25) is 9.79 Å². The number of amides is 1. The van der Waals surface area contributed by atoms with E-state index in [9.17, 15) is 4.79 Å². The molecule has 1 saturated carbocycles. The van der Waals surface area contributed by atoms with E-state index in [1.54, 1.807) is 7.05 Å². The summed E-state index contributed by atoms with van der Waals surface area (Å²) in [4.78, 5) is 15.1. The second-order valence-corrected chi connectivity index (χ2v) is 7.63. The highest BCUT2D eigenvalue weighted by atomic mass is 127. The van der Waals surface area contributed by atoms with Crippen LogP contribution < -0.4 is 21.1 Å². The number of carbonyl (C=O) groups excluding carboxylic acids is 1. The summed E-state index contributed by atoms with van der Waals surface area (Å²) in [5.41, 5.74) is 6.59. The molecule has 0 heterocycles. The van der Waals surface area contributed by atoms with E-state index in [1.165, 1.54) is 25.7 Å². The summed E-state index contributed by atoms with van der Waals surface area (Å²) in [5, 5.41) is 6.83. The van der Waals surface area contributed by atoms with Crippen LogP contribution in [0, 0.1) is 11.3 Å². The fourth-order valence-corrected chi connectivity index (χ4v) is 3.57. The molecule has 1 amide bonds. The lowest BCUT2D eigenvalue weighted by atomic mass is 9.64. The summed E-state index contributed by atoms with van der Waals surface area (Å²) in [6.07, 6.45) is 5.19. The first kappa shape index (κ1) is 23.5. The van der Waals surface area contributed by atoms with Gasteiger partial charge in [0.15, 0.2) is 12.6 Å². The van der Waals surface area contributed by atoms with Crippen molar-refractivity contribution in [2.75, 3.05) is 20.2 Å². The van der Waals surface area contributed by atoms with Crippen LogP contribution in [-0.4, -0.2) is 32.1 Å². The number of halogens is 1. The second-order valence-electron chi connectivity index (χ2n) is 7.63. The van der Waals surface area contributed by atoms with Gasteiger partial charge in [-0.25, -0.2) is 0 Å². The van der Waals surface area contributed by atoms with Crippen molar-refractivity contribution < 1.29 is 9.53 Å². The summed E-state index contributed by atoms with van der Waals surface area (Å²) in [7, 11) is 1.79. The molecular formula is C20H33IN4O2. The van der Waals surface area contributed by atoms with E-state index in [1.807, 2.05) is 24.3 Å². The van der Waals surface area contributed by atoms with Crippen molar-refractivity contribution in [3.05, 3.63) is 29.8 Å². The molecule has 27 heavy (non-hydrogen) atoms. The Kier molecular flexibility index (Phi) is 9.90. The van der Waals surface area contributed by atoms with Gasteiger partial charge in [-0.2, -0.15) is 0 Å². The molecule has 1 aromatic carbocycles. The van der Waals surface area contributed by atoms with Crippen LogP contribution in [0.1, 0.15) is 45.1 Å². The maximum absolute atomic E-state index is 10.8. The first-order chi connectivity index (χ1) is 12.4. The fraction of sp³-hybridized carbons (Fsp3) is 0.600. The predicted octanol–water partition coefficient (Wildman–Crippen LogP) is 3.05. The molecule has 1 aliphatic carbocycles. The number of primary amides is 1. The molecule has 1 aromatic rings. The number of nitrogens with one attached hydrogen (secondary N) is 2. The van der Waals surface area contributed by atoms with Crippen LogP contribution in [0.4, 0.5) is 0 Å². The van der Waals surface area contributed by atoms with Crippen molar-refractivity contribution in [1.82, 2.24) is 10.6 Å². The van der Waals surface area contributed by atoms with Gasteiger partial charge in [0.1, 0.15) is 5.75 Å². The van der Waals surface area contributed by atoms with Crippen LogP contribution in [0.15, 0.2) is 29.3 Å². The highest BCUT2D eigenvalue weighted by Crippen LogP contribution is 2.45. The van der Waals surface area contributed by atoms with Gasteiger partial charge in [-0.1, -0.05) is 32.4 Å². The number of nitrogens with two attached hydrogens (primary N) is 1. The summed E-state index contributed by atoms with van der Waals surface area (Å²) in [5.74, 6) is 1.68. The van der Waals surface area contributed by atoms with Crippen molar-refractivity contribution >= 4 is 35.8 Å². The predicted molar refractivity (Wildman–Crippen MR) is 120 cm³/mol. The minimum absolute atomic E-state index is 0. The zero-order chi connectivity index (χ0) is 19.0. The van der Waals surface area contributed by atoms with Crippen molar-refractivity contribution in [1.29, 1.82) is 0 Å². The number of rotatable bonds is 9. The van der Waals surface area contributed by atoms with Crippen molar-refractivity contribution in [3.63, 3.8) is 0 Å². The highest BCUT2D eigenvalue weighted by Gasteiger charge is 2.37. The smallest absolute Gasteiger partial charge is 0.255 e. The number of ether oxygens (including phenoxy) is 1. The molecule has 0 unspecified atom stereocenters. The van der Waals surface area contributed by atoms with E-state index < -0.39 is 5.91 Å². The van der Waals surface area contributed by atoms with Crippen LogP contribution >= 0.6 is 24.0 Å². The number of hydrogen-bond acceptors (Lipinski definition) is 3. The van der Waals surface area contributed by atoms with Crippen LogP contribution in [0.25, 0.3) is 0 Å². The summed E-state index contributed by atoms with van der Waals surface area (Å²) in [6.45, 7) is 6.07. The number of aliphatic imine (C=N–C) groups is 1. The topological polar surface area (TPSA) is 88.7 Å². The lowest BCUT2D eigenvalue weighted by Crippen LogP contribution is -2.46. The van der Waals surface area contributed by atoms with Crippen LogP contribution in [0.5, 0.6) is 5.75 Å². The van der Waals surface area contributed by atoms with E-state index in [2.05, 4.69) is 29.5 Å². The van der Waals surface area contributed by atoms with E-state index in [-0.39, 0.29) is 30.6 Å². The Morgan fingerprint density at radius 1 is 1.33 bits per heavy atom. The molecule has 0 aromatic heterocycles. The van der Waals surface area contributed by atoms with Crippen molar-refractivity contribution in [2.24, 2.45) is 22.1 Å². The van der Waals surface area contributed by atoms with Crippen LogP contribution in [0.3, 0.4) is 0 Å². The largest absolute Gasteiger partial charge is 0.484 e. The molecule has 0 radical (unpaired) electrons. The monoisotopic (exact) mass is 488 g/mol. The molecule has 2 rings (SSSR count). The van der Waals surface area contributed by atoms with Gasteiger partial charge in [0.2, 0.25) is 0 Å². The number of benzene rings is 1. The first-order valence-electron chi connectivity index (χ1n) is 9.37. The third kappa shape index (κ3) is 7.94. The second kappa shape index (κ2) is 11.4. The molecule has 0 spiro atoms. The summed E-state index contributed by atoms with van der Waals surface area (Å²) >= 11 is 0. The van der Waals surface area contributed by atoms with E-state index in [4.69, 9.17) is 10.5 Å². The number of guanidine groups is 1. The minimum Gasteiger partial charge on any atom is -0.484 e. The maximum atomic E-state index is 10.8. The Morgan fingerprint density at radius 2 is 2.07 bits per heavy atom. The highest BCUT2D eigenvalue weighted by molar-refractivity contribution is 14.0. The van der Waals surface area contributed by atoms with E-state index in [0.717, 1.165) is 24.0 Å². The van der Waals surface area contributed by atoms with Crippen molar-refractivity contribution in [2.45, 2.75) is 46.1 Å². The lowest BCUT2D eigenvalue weighted by Gasteiger charge is -2.43. The minimum atomic E-state index is -0.482. The Hall–Kier alpha value is -1.51. The van der Waals surface area contributed by atoms with Gasteiger partial charge >= 0.3 is 0 Å². The summed E-state index contributed by atoms with van der Waals surface area (Å²) < 4.78 is 5.34. The Labute approximate surface area is 179 Å².